The first kappa shape index (κ1) is 15.5. The second kappa shape index (κ2) is 7.79. The highest BCUT2D eigenvalue weighted by atomic mass is 79.9. The number of benzene rings is 1. The average Bonchev–Trinajstić information content (AvgIpc) is 2.73. The van der Waals surface area contributed by atoms with Gasteiger partial charge in [0.1, 0.15) is 0 Å². The van der Waals surface area contributed by atoms with Crippen LogP contribution in [0.1, 0.15) is 44.2 Å². The molecule has 1 saturated heterocycles. The summed E-state index contributed by atoms with van der Waals surface area (Å²) in [7, 11) is 0. The fraction of sp³-hybridized carbons (Fsp3) is 0.562. The van der Waals surface area contributed by atoms with Crippen LogP contribution in [-0.2, 0) is 4.79 Å². The van der Waals surface area contributed by atoms with Crippen molar-refractivity contribution in [1.82, 2.24) is 10.2 Å². The predicted molar refractivity (Wildman–Crippen MR) is 85.6 cm³/mol. The Balaban J connectivity index is 1.83. The monoisotopic (exact) mass is 338 g/mol. The number of nitrogens with one attached hydrogen (secondary N) is 1. The zero-order valence-electron chi connectivity index (χ0n) is 12.1. The minimum atomic E-state index is 0.184. The molecule has 0 bridgehead atoms. The number of amides is 1. The molecular formula is C16H23BrN2O. The van der Waals surface area contributed by atoms with E-state index in [1.54, 1.807) is 0 Å². The third kappa shape index (κ3) is 4.60. The SMILES string of the molecule is C[C@H](NCC(=O)N1CCCCCC1)c1cccc(Br)c1. The van der Waals surface area contributed by atoms with E-state index >= 15 is 0 Å². The number of hydrogen-bond acceptors (Lipinski definition) is 2. The van der Waals surface area contributed by atoms with E-state index < -0.39 is 0 Å². The van der Waals surface area contributed by atoms with Gasteiger partial charge in [-0.05, 0) is 37.5 Å². The van der Waals surface area contributed by atoms with Crippen LogP contribution in [0.5, 0.6) is 0 Å². The van der Waals surface area contributed by atoms with Gasteiger partial charge in [-0.2, -0.15) is 0 Å². The number of hydrogen-bond donors (Lipinski definition) is 1. The summed E-state index contributed by atoms with van der Waals surface area (Å²) in [5, 5.41) is 3.33. The number of halogens is 1. The van der Waals surface area contributed by atoms with Gasteiger partial charge >= 0.3 is 0 Å². The van der Waals surface area contributed by atoms with Crippen molar-refractivity contribution < 1.29 is 4.79 Å². The minimum absolute atomic E-state index is 0.184. The van der Waals surface area contributed by atoms with Gasteiger partial charge in [0.25, 0.3) is 0 Å². The minimum Gasteiger partial charge on any atom is -0.342 e. The van der Waals surface area contributed by atoms with Crippen molar-refractivity contribution in [3.05, 3.63) is 34.3 Å². The van der Waals surface area contributed by atoms with Crippen molar-refractivity contribution in [2.45, 2.75) is 38.6 Å². The van der Waals surface area contributed by atoms with Crippen LogP contribution in [-0.4, -0.2) is 30.4 Å². The Bertz CT molecular complexity index is 442. The lowest BCUT2D eigenvalue weighted by molar-refractivity contribution is -0.130. The molecule has 1 fully saturated rings. The van der Waals surface area contributed by atoms with Crippen molar-refractivity contribution in [3.8, 4) is 0 Å². The molecule has 1 aliphatic rings. The molecule has 1 aromatic carbocycles. The van der Waals surface area contributed by atoms with E-state index in [2.05, 4.69) is 40.3 Å². The smallest absolute Gasteiger partial charge is 0.236 e. The van der Waals surface area contributed by atoms with Gasteiger partial charge in [-0.3, -0.25) is 4.79 Å². The molecule has 2 rings (SSSR count). The summed E-state index contributed by atoms with van der Waals surface area (Å²) in [5.41, 5.74) is 1.20. The molecule has 0 radical (unpaired) electrons. The van der Waals surface area contributed by atoms with Crippen molar-refractivity contribution >= 4 is 21.8 Å². The van der Waals surface area contributed by atoms with Crippen LogP contribution >= 0.6 is 15.9 Å². The molecule has 0 aromatic heterocycles. The molecule has 3 nitrogen and oxygen atoms in total. The Morgan fingerprint density at radius 3 is 2.65 bits per heavy atom. The molecule has 1 aliphatic heterocycles. The van der Waals surface area contributed by atoms with Gasteiger partial charge in [0.05, 0.1) is 6.54 Å². The number of likely N-dealkylation sites (tertiary alicyclic amines) is 1. The molecule has 0 unspecified atom stereocenters. The fourth-order valence-electron chi connectivity index (χ4n) is 2.57. The summed E-state index contributed by atoms with van der Waals surface area (Å²) in [5.74, 6) is 0.230. The van der Waals surface area contributed by atoms with Crippen LogP contribution in [0.25, 0.3) is 0 Å². The summed E-state index contributed by atoms with van der Waals surface area (Å²) in [6, 6.07) is 8.39. The standard InChI is InChI=1S/C16H23BrN2O/c1-13(14-7-6-8-15(17)11-14)18-12-16(20)19-9-4-2-3-5-10-19/h6-8,11,13,18H,2-5,9-10,12H2,1H3/t13-/m0/s1. The molecule has 1 aromatic rings. The number of carbonyl (C=O) groups excluding carboxylic acids is 1. The lowest BCUT2D eigenvalue weighted by Crippen LogP contribution is -2.39. The normalized spacial score (nSPS) is 17.6. The first-order valence-electron chi connectivity index (χ1n) is 7.43. The highest BCUT2D eigenvalue weighted by molar-refractivity contribution is 9.10. The quantitative estimate of drug-likeness (QED) is 0.911. The van der Waals surface area contributed by atoms with Gasteiger partial charge < -0.3 is 10.2 Å². The molecule has 1 N–H and O–H groups in total. The fourth-order valence-corrected chi connectivity index (χ4v) is 2.98. The lowest BCUT2D eigenvalue weighted by Gasteiger charge is -2.22. The van der Waals surface area contributed by atoms with Crippen molar-refractivity contribution in [3.63, 3.8) is 0 Å². The van der Waals surface area contributed by atoms with E-state index in [1.165, 1.54) is 18.4 Å². The Labute approximate surface area is 129 Å². The molecule has 1 amide bonds. The van der Waals surface area contributed by atoms with Crippen molar-refractivity contribution in [1.29, 1.82) is 0 Å². The second-order valence-electron chi connectivity index (χ2n) is 5.45. The van der Waals surface area contributed by atoms with Crippen molar-refractivity contribution in [2.24, 2.45) is 0 Å². The number of carbonyl (C=O) groups is 1. The first-order chi connectivity index (χ1) is 9.66. The van der Waals surface area contributed by atoms with Gasteiger partial charge in [0.15, 0.2) is 0 Å². The summed E-state index contributed by atoms with van der Waals surface area (Å²) in [6.07, 6.45) is 4.80. The maximum absolute atomic E-state index is 12.2. The Hall–Kier alpha value is -0.870. The molecule has 0 spiro atoms. The molecule has 0 saturated carbocycles. The number of rotatable bonds is 4. The topological polar surface area (TPSA) is 32.3 Å². The van der Waals surface area contributed by atoms with E-state index in [4.69, 9.17) is 0 Å². The van der Waals surface area contributed by atoms with Gasteiger partial charge in [0.2, 0.25) is 5.91 Å². The zero-order valence-corrected chi connectivity index (χ0v) is 13.7. The van der Waals surface area contributed by atoms with Gasteiger partial charge in [-0.25, -0.2) is 0 Å². The lowest BCUT2D eigenvalue weighted by atomic mass is 10.1. The summed E-state index contributed by atoms with van der Waals surface area (Å²) in [4.78, 5) is 14.2. The third-order valence-electron chi connectivity index (χ3n) is 3.87. The van der Waals surface area contributed by atoms with E-state index in [0.29, 0.717) is 6.54 Å². The van der Waals surface area contributed by atoms with Gasteiger partial charge in [-0.15, -0.1) is 0 Å². The highest BCUT2D eigenvalue weighted by Gasteiger charge is 2.16. The molecule has 1 heterocycles. The van der Waals surface area contributed by atoms with Gasteiger partial charge in [-0.1, -0.05) is 40.9 Å². The van der Waals surface area contributed by atoms with E-state index in [-0.39, 0.29) is 11.9 Å². The molecule has 0 aliphatic carbocycles. The van der Waals surface area contributed by atoms with Crippen LogP contribution in [0.15, 0.2) is 28.7 Å². The van der Waals surface area contributed by atoms with Crippen LogP contribution in [0.3, 0.4) is 0 Å². The number of nitrogens with zero attached hydrogens (tertiary/aromatic N) is 1. The van der Waals surface area contributed by atoms with Crippen LogP contribution in [0.4, 0.5) is 0 Å². The predicted octanol–water partition coefficient (Wildman–Crippen LogP) is 3.50. The van der Waals surface area contributed by atoms with Crippen molar-refractivity contribution in [2.75, 3.05) is 19.6 Å². The van der Waals surface area contributed by atoms with E-state index in [0.717, 1.165) is 30.4 Å². The summed E-state index contributed by atoms with van der Waals surface area (Å²) >= 11 is 3.48. The second-order valence-corrected chi connectivity index (χ2v) is 6.37. The average molecular weight is 339 g/mol. The van der Waals surface area contributed by atoms with Gasteiger partial charge in [0, 0.05) is 23.6 Å². The molecule has 110 valence electrons. The zero-order chi connectivity index (χ0) is 14.4. The van der Waals surface area contributed by atoms with Crippen LogP contribution in [0.2, 0.25) is 0 Å². The molecule has 1 atom stereocenters. The molecule has 20 heavy (non-hydrogen) atoms. The Morgan fingerprint density at radius 2 is 2.00 bits per heavy atom. The largest absolute Gasteiger partial charge is 0.342 e. The van der Waals surface area contributed by atoms with E-state index in [9.17, 15) is 4.79 Å². The summed E-state index contributed by atoms with van der Waals surface area (Å²) < 4.78 is 1.07. The summed E-state index contributed by atoms with van der Waals surface area (Å²) in [6.45, 7) is 4.36. The highest BCUT2D eigenvalue weighted by Crippen LogP contribution is 2.17. The maximum atomic E-state index is 12.2. The maximum Gasteiger partial charge on any atom is 0.236 e. The molecule has 4 heteroatoms. The Kier molecular flexibility index (Phi) is 6.05. The van der Waals surface area contributed by atoms with Crippen LogP contribution < -0.4 is 5.32 Å². The molecular weight excluding hydrogens is 316 g/mol. The van der Waals surface area contributed by atoms with E-state index in [1.807, 2.05) is 17.0 Å². The Morgan fingerprint density at radius 1 is 1.30 bits per heavy atom. The third-order valence-corrected chi connectivity index (χ3v) is 4.36. The first-order valence-corrected chi connectivity index (χ1v) is 8.23. The van der Waals surface area contributed by atoms with Crippen LogP contribution in [0, 0.1) is 0 Å².